The van der Waals surface area contributed by atoms with Gasteiger partial charge in [0.2, 0.25) is 5.91 Å². The Morgan fingerprint density at radius 1 is 0.865 bits per heavy atom. The van der Waals surface area contributed by atoms with Gasteiger partial charge in [-0.15, -0.1) is 0 Å². The summed E-state index contributed by atoms with van der Waals surface area (Å²) in [5, 5.41) is 0.281. The number of hydrogen-bond acceptors (Lipinski definition) is 6. The van der Waals surface area contributed by atoms with Crippen LogP contribution < -0.4 is 4.90 Å². The molecule has 188 valence electrons. The number of thioether (sulfide) groups is 1. The van der Waals surface area contributed by atoms with E-state index in [-0.39, 0.29) is 12.5 Å². The van der Waals surface area contributed by atoms with Gasteiger partial charge in [0.1, 0.15) is 6.54 Å². The molecule has 2 heterocycles. The minimum absolute atomic E-state index is 0.208. The van der Waals surface area contributed by atoms with E-state index in [0.717, 1.165) is 37.7 Å². The average Bonchev–Trinajstić information content (AvgIpc) is 3.19. The van der Waals surface area contributed by atoms with Crippen molar-refractivity contribution < 1.29 is 14.4 Å². The Labute approximate surface area is 229 Å². The van der Waals surface area contributed by atoms with Crippen molar-refractivity contribution in [2.45, 2.75) is 9.79 Å². The van der Waals surface area contributed by atoms with Gasteiger partial charge in [-0.25, -0.2) is 0 Å². The van der Waals surface area contributed by atoms with Gasteiger partial charge in [-0.1, -0.05) is 53.7 Å². The molecule has 5 rings (SSSR count). The summed E-state index contributed by atoms with van der Waals surface area (Å²) in [4.78, 5) is 45.8. The van der Waals surface area contributed by atoms with Crippen molar-refractivity contribution in [2.75, 3.05) is 37.6 Å². The van der Waals surface area contributed by atoms with Crippen LogP contribution in [0.2, 0.25) is 5.02 Å². The van der Waals surface area contributed by atoms with Crippen molar-refractivity contribution in [1.29, 1.82) is 0 Å². The van der Waals surface area contributed by atoms with Crippen molar-refractivity contribution >= 4 is 63.9 Å². The molecule has 2 fully saturated rings. The Balaban J connectivity index is 1.17. The lowest BCUT2D eigenvalue weighted by Gasteiger charge is -2.36. The molecule has 2 aliphatic heterocycles. The van der Waals surface area contributed by atoms with Crippen molar-refractivity contribution in [2.24, 2.45) is 0 Å². The molecule has 0 N–H and O–H groups in total. The Morgan fingerprint density at radius 3 is 2.14 bits per heavy atom. The highest BCUT2D eigenvalue weighted by Gasteiger charge is 2.37. The number of carbonyl (C=O) groups excluding carboxylic acids is 3. The summed E-state index contributed by atoms with van der Waals surface area (Å²) in [5.74, 6) is -0.634. The van der Waals surface area contributed by atoms with Gasteiger partial charge in [0, 0.05) is 46.7 Å². The number of para-hydroxylation sites is 1. The summed E-state index contributed by atoms with van der Waals surface area (Å²) >= 11 is 8.43. The second-order valence-electron chi connectivity index (χ2n) is 8.60. The molecule has 6 nitrogen and oxygen atoms in total. The van der Waals surface area contributed by atoms with Crippen LogP contribution in [0.3, 0.4) is 0 Å². The van der Waals surface area contributed by atoms with Gasteiger partial charge >= 0.3 is 0 Å². The number of rotatable bonds is 6. The maximum Gasteiger partial charge on any atom is 0.294 e. The zero-order valence-corrected chi connectivity index (χ0v) is 22.3. The topological polar surface area (TPSA) is 60.9 Å². The van der Waals surface area contributed by atoms with Crippen LogP contribution in [0.15, 0.2) is 93.6 Å². The van der Waals surface area contributed by atoms with E-state index in [1.54, 1.807) is 22.7 Å². The highest BCUT2D eigenvalue weighted by Crippen LogP contribution is 2.33. The molecule has 0 saturated carbocycles. The second-order valence-corrected chi connectivity index (χ2v) is 11.2. The number of hydrogen-bond donors (Lipinski definition) is 0. The fourth-order valence-electron chi connectivity index (χ4n) is 4.15. The van der Waals surface area contributed by atoms with Gasteiger partial charge in [0.05, 0.1) is 4.91 Å². The Bertz CT molecular complexity index is 1320. The van der Waals surface area contributed by atoms with E-state index in [1.165, 1.54) is 0 Å². The summed E-state index contributed by atoms with van der Waals surface area (Å²) in [6.45, 7) is 2.30. The first-order valence-corrected chi connectivity index (χ1v) is 13.8. The van der Waals surface area contributed by atoms with E-state index in [9.17, 15) is 14.4 Å². The van der Waals surface area contributed by atoms with Gasteiger partial charge in [-0.05, 0) is 71.9 Å². The van der Waals surface area contributed by atoms with Crippen LogP contribution in [-0.2, 0) is 9.59 Å². The van der Waals surface area contributed by atoms with E-state index >= 15 is 0 Å². The van der Waals surface area contributed by atoms with Crippen molar-refractivity contribution in [1.82, 2.24) is 9.80 Å². The SMILES string of the molecule is O=C(CN1C(=O)SC(=Cc2ccc(Sc3ccc(Cl)cc3)cc2)C1=O)N1CCN(c2ccccc2)CC1. The van der Waals surface area contributed by atoms with Crippen LogP contribution >= 0.6 is 35.1 Å². The molecule has 2 aliphatic rings. The predicted molar refractivity (Wildman–Crippen MR) is 150 cm³/mol. The van der Waals surface area contributed by atoms with E-state index in [2.05, 4.69) is 17.0 Å². The lowest BCUT2D eigenvalue weighted by Crippen LogP contribution is -2.51. The summed E-state index contributed by atoms with van der Waals surface area (Å²) in [6, 6.07) is 25.4. The van der Waals surface area contributed by atoms with Crippen LogP contribution in [0.1, 0.15) is 5.56 Å². The van der Waals surface area contributed by atoms with E-state index in [1.807, 2.05) is 66.7 Å². The van der Waals surface area contributed by atoms with Crippen molar-refractivity contribution in [3.05, 3.63) is 94.4 Å². The van der Waals surface area contributed by atoms with Gasteiger partial charge in [-0.2, -0.15) is 0 Å². The maximum absolute atomic E-state index is 12.9. The summed E-state index contributed by atoms with van der Waals surface area (Å²) < 4.78 is 0. The van der Waals surface area contributed by atoms with E-state index < -0.39 is 11.1 Å². The highest BCUT2D eigenvalue weighted by molar-refractivity contribution is 8.18. The van der Waals surface area contributed by atoms with Crippen LogP contribution in [0, 0.1) is 0 Å². The number of carbonyl (C=O) groups is 3. The summed E-state index contributed by atoms with van der Waals surface area (Å²) in [5.41, 5.74) is 1.94. The molecule has 2 saturated heterocycles. The first-order chi connectivity index (χ1) is 18.0. The monoisotopic (exact) mass is 549 g/mol. The standard InChI is InChI=1S/C28H24ClN3O3S2/c29-21-8-12-24(13-9-21)36-23-10-6-20(7-11-23)18-25-27(34)32(28(35)37-25)19-26(33)31-16-14-30(15-17-31)22-4-2-1-3-5-22/h1-13,18H,14-17,19H2. The van der Waals surface area contributed by atoms with Crippen LogP contribution in [0.4, 0.5) is 10.5 Å². The zero-order valence-electron chi connectivity index (χ0n) is 19.9. The maximum atomic E-state index is 12.9. The molecule has 0 unspecified atom stereocenters. The molecule has 0 aliphatic carbocycles. The van der Waals surface area contributed by atoms with Gasteiger partial charge in [-0.3, -0.25) is 19.3 Å². The van der Waals surface area contributed by atoms with E-state index in [0.29, 0.717) is 36.1 Å². The second kappa shape index (κ2) is 11.5. The molecule has 9 heteroatoms. The lowest BCUT2D eigenvalue weighted by molar-refractivity contribution is -0.136. The van der Waals surface area contributed by atoms with E-state index in [4.69, 9.17) is 11.6 Å². The molecule has 0 radical (unpaired) electrons. The van der Waals surface area contributed by atoms with Gasteiger partial charge in [0.15, 0.2) is 0 Å². The number of anilines is 1. The van der Waals surface area contributed by atoms with Crippen molar-refractivity contribution in [3.8, 4) is 0 Å². The average molecular weight is 550 g/mol. The molecule has 0 atom stereocenters. The minimum atomic E-state index is -0.425. The van der Waals surface area contributed by atoms with Crippen LogP contribution in [-0.4, -0.2) is 59.6 Å². The number of amides is 3. The first-order valence-electron chi connectivity index (χ1n) is 11.8. The first kappa shape index (κ1) is 25.4. The summed E-state index contributed by atoms with van der Waals surface area (Å²) in [6.07, 6.45) is 1.70. The third-order valence-corrected chi connectivity index (χ3v) is 8.32. The number of halogens is 1. The molecular weight excluding hydrogens is 526 g/mol. The fourth-order valence-corrected chi connectivity index (χ4v) is 5.93. The molecule has 3 aromatic rings. The fraction of sp³-hybridized carbons (Fsp3) is 0.179. The number of piperazine rings is 1. The molecule has 3 aromatic carbocycles. The predicted octanol–water partition coefficient (Wildman–Crippen LogP) is 5.88. The normalized spacial score (nSPS) is 17.1. The smallest absolute Gasteiger partial charge is 0.294 e. The molecule has 0 bridgehead atoms. The number of benzene rings is 3. The zero-order chi connectivity index (χ0) is 25.8. The molecule has 37 heavy (non-hydrogen) atoms. The lowest BCUT2D eigenvalue weighted by atomic mass is 10.2. The summed E-state index contributed by atoms with van der Waals surface area (Å²) in [7, 11) is 0. The Kier molecular flexibility index (Phi) is 7.88. The number of imide groups is 1. The minimum Gasteiger partial charge on any atom is -0.368 e. The highest BCUT2D eigenvalue weighted by atomic mass is 35.5. The number of nitrogens with zero attached hydrogens (tertiary/aromatic N) is 3. The molecule has 0 spiro atoms. The third kappa shape index (κ3) is 6.21. The van der Waals surface area contributed by atoms with Crippen LogP contribution in [0.5, 0.6) is 0 Å². The largest absolute Gasteiger partial charge is 0.368 e. The van der Waals surface area contributed by atoms with Gasteiger partial charge in [0.25, 0.3) is 11.1 Å². The van der Waals surface area contributed by atoms with Crippen molar-refractivity contribution in [3.63, 3.8) is 0 Å². The quantitative estimate of drug-likeness (QED) is 0.358. The Hall–Kier alpha value is -3.20. The van der Waals surface area contributed by atoms with Crippen LogP contribution in [0.25, 0.3) is 6.08 Å². The third-order valence-electron chi connectivity index (χ3n) is 6.15. The molecule has 3 amide bonds. The molecule has 0 aromatic heterocycles. The Morgan fingerprint density at radius 2 is 1.49 bits per heavy atom. The molecular formula is C28H24ClN3O3S2. The van der Waals surface area contributed by atoms with Gasteiger partial charge < -0.3 is 9.80 Å².